The summed E-state index contributed by atoms with van der Waals surface area (Å²) in [6.45, 7) is 8.28. The van der Waals surface area contributed by atoms with Gasteiger partial charge in [0, 0.05) is 25.4 Å². The van der Waals surface area contributed by atoms with E-state index in [9.17, 15) is 4.79 Å². The van der Waals surface area contributed by atoms with E-state index in [1.54, 1.807) is 16.7 Å². The minimum absolute atomic E-state index is 0.00669. The molecule has 0 saturated heterocycles. The van der Waals surface area contributed by atoms with Crippen LogP contribution in [0.5, 0.6) is 0 Å². The molecule has 174 valence electrons. The van der Waals surface area contributed by atoms with Crippen LogP contribution in [0.2, 0.25) is 0 Å². The molecule has 0 aliphatic heterocycles. The predicted octanol–water partition coefficient (Wildman–Crippen LogP) is 3.80. The van der Waals surface area contributed by atoms with Crippen molar-refractivity contribution in [1.29, 1.82) is 0 Å². The molecule has 0 aliphatic carbocycles. The molecule has 33 heavy (non-hydrogen) atoms. The van der Waals surface area contributed by atoms with Gasteiger partial charge in [0.1, 0.15) is 0 Å². The maximum Gasteiger partial charge on any atom is 0.250 e. The number of nitrogens with one attached hydrogen (secondary N) is 2. The first kappa shape index (κ1) is 24.3. The smallest absolute Gasteiger partial charge is 0.250 e. The summed E-state index contributed by atoms with van der Waals surface area (Å²) >= 11 is 0. The average Bonchev–Trinajstić information content (AvgIpc) is 2.84. The first-order chi connectivity index (χ1) is 16.1. The summed E-state index contributed by atoms with van der Waals surface area (Å²) < 4.78 is 7.54. The summed E-state index contributed by atoms with van der Waals surface area (Å²) in [5.41, 5.74) is 3.41. The third kappa shape index (κ3) is 8.58. The van der Waals surface area contributed by atoms with Crippen molar-refractivity contribution in [3.8, 4) is 0 Å². The highest BCUT2D eigenvalue weighted by Gasteiger charge is 2.05. The fraction of sp³-hybridized carbons (Fsp3) is 0.333. The minimum Gasteiger partial charge on any atom is -0.376 e. The van der Waals surface area contributed by atoms with Gasteiger partial charge in [0.15, 0.2) is 5.96 Å². The molecule has 1 heterocycles. The number of benzene rings is 2. The first-order valence-electron chi connectivity index (χ1n) is 11.5. The van der Waals surface area contributed by atoms with Gasteiger partial charge in [-0.15, -0.1) is 0 Å². The number of rotatable bonds is 11. The Morgan fingerprint density at radius 3 is 2.39 bits per heavy atom. The van der Waals surface area contributed by atoms with Crippen LogP contribution >= 0.6 is 0 Å². The zero-order valence-electron chi connectivity index (χ0n) is 19.5. The van der Waals surface area contributed by atoms with Gasteiger partial charge in [-0.2, -0.15) is 0 Å². The van der Waals surface area contributed by atoms with E-state index >= 15 is 0 Å². The van der Waals surface area contributed by atoms with Crippen LogP contribution in [0.15, 0.2) is 88.8 Å². The lowest BCUT2D eigenvalue weighted by molar-refractivity contribution is 0.0931. The molecule has 6 heteroatoms. The zero-order chi connectivity index (χ0) is 23.3. The third-order valence-corrected chi connectivity index (χ3v) is 5.17. The summed E-state index contributed by atoms with van der Waals surface area (Å²) in [6, 6.07) is 23.7. The highest BCUT2D eigenvalue weighted by Crippen LogP contribution is 2.07. The molecule has 1 unspecified atom stereocenters. The van der Waals surface area contributed by atoms with Gasteiger partial charge in [-0.05, 0) is 35.6 Å². The first-order valence-corrected chi connectivity index (χ1v) is 11.5. The highest BCUT2D eigenvalue weighted by molar-refractivity contribution is 5.79. The van der Waals surface area contributed by atoms with Crippen LogP contribution in [-0.2, 0) is 24.4 Å². The van der Waals surface area contributed by atoms with E-state index in [1.165, 1.54) is 5.56 Å². The Morgan fingerprint density at radius 1 is 0.939 bits per heavy atom. The summed E-state index contributed by atoms with van der Waals surface area (Å²) in [5, 5.41) is 6.71. The lowest BCUT2D eigenvalue weighted by Gasteiger charge is -2.16. The molecule has 1 aromatic heterocycles. The fourth-order valence-electron chi connectivity index (χ4n) is 3.33. The standard InChI is InChI=1S/C27H34N4O2/c1-3-28-27(29-17-22(2)20-33-21-25-9-5-4-6-10-25)30-18-23-12-14-24(15-13-23)19-31-16-8-7-11-26(31)32/h4-16,22H,3,17-21H2,1-2H3,(H2,28,29,30). The Balaban J connectivity index is 1.45. The lowest BCUT2D eigenvalue weighted by atomic mass is 10.1. The van der Waals surface area contributed by atoms with Crippen LogP contribution in [0.25, 0.3) is 0 Å². The van der Waals surface area contributed by atoms with Crippen LogP contribution in [-0.4, -0.2) is 30.2 Å². The summed E-state index contributed by atoms with van der Waals surface area (Å²) in [7, 11) is 0. The van der Waals surface area contributed by atoms with Gasteiger partial charge in [-0.3, -0.25) is 4.79 Å². The molecule has 0 amide bonds. The molecule has 1 atom stereocenters. The van der Waals surface area contributed by atoms with E-state index in [0.29, 0.717) is 32.2 Å². The minimum atomic E-state index is 0.00669. The number of hydrogen-bond acceptors (Lipinski definition) is 3. The monoisotopic (exact) mass is 446 g/mol. The van der Waals surface area contributed by atoms with Gasteiger partial charge < -0.3 is 19.9 Å². The van der Waals surface area contributed by atoms with Crippen LogP contribution in [0.3, 0.4) is 0 Å². The van der Waals surface area contributed by atoms with Crippen molar-refractivity contribution >= 4 is 5.96 Å². The quantitative estimate of drug-likeness (QED) is 0.347. The topological polar surface area (TPSA) is 67.7 Å². The molecule has 3 rings (SSSR count). The molecule has 2 N–H and O–H groups in total. The summed E-state index contributed by atoms with van der Waals surface area (Å²) in [4.78, 5) is 16.6. The van der Waals surface area contributed by atoms with Crippen molar-refractivity contribution < 1.29 is 4.74 Å². The van der Waals surface area contributed by atoms with Crippen molar-refractivity contribution in [2.45, 2.75) is 33.5 Å². The van der Waals surface area contributed by atoms with E-state index in [0.717, 1.165) is 30.2 Å². The van der Waals surface area contributed by atoms with Gasteiger partial charge in [-0.25, -0.2) is 4.99 Å². The maximum atomic E-state index is 11.9. The van der Waals surface area contributed by atoms with E-state index in [4.69, 9.17) is 9.73 Å². The summed E-state index contributed by atoms with van der Waals surface area (Å²) in [5.74, 6) is 1.16. The molecule has 0 spiro atoms. The molecule has 0 aliphatic rings. The van der Waals surface area contributed by atoms with E-state index in [2.05, 4.69) is 60.9 Å². The lowest BCUT2D eigenvalue weighted by Crippen LogP contribution is -2.40. The van der Waals surface area contributed by atoms with Crippen LogP contribution in [0.1, 0.15) is 30.5 Å². The van der Waals surface area contributed by atoms with E-state index in [-0.39, 0.29) is 5.56 Å². The molecule has 0 bridgehead atoms. The third-order valence-electron chi connectivity index (χ3n) is 5.17. The van der Waals surface area contributed by atoms with Crippen LogP contribution < -0.4 is 16.2 Å². The average molecular weight is 447 g/mol. The molecule has 2 aromatic carbocycles. The fourth-order valence-corrected chi connectivity index (χ4v) is 3.33. The highest BCUT2D eigenvalue weighted by atomic mass is 16.5. The second-order valence-electron chi connectivity index (χ2n) is 8.17. The number of aromatic nitrogens is 1. The largest absolute Gasteiger partial charge is 0.376 e. The van der Waals surface area contributed by atoms with Gasteiger partial charge in [-0.1, -0.05) is 67.6 Å². The molecule has 0 saturated carbocycles. The molecule has 0 fully saturated rings. The van der Waals surface area contributed by atoms with Crippen LogP contribution in [0, 0.1) is 5.92 Å². The van der Waals surface area contributed by atoms with Crippen molar-refractivity contribution in [1.82, 2.24) is 15.2 Å². The van der Waals surface area contributed by atoms with Crippen LogP contribution in [0.4, 0.5) is 0 Å². The molecule has 6 nitrogen and oxygen atoms in total. The van der Waals surface area contributed by atoms with E-state index < -0.39 is 0 Å². The van der Waals surface area contributed by atoms with Crippen molar-refractivity contribution in [3.63, 3.8) is 0 Å². The Kier molecular flexibility index (Phi) is 9.73. The summed E-state index contributed by atoms with van der Waals surface area (Å²) in [6.07, 6.45) is 1.81. The Morgan fingerprint density at radius 2 is 1.67 bits per heavy atom. The number of nitrogens with zero attached hydrogens (tertiary/aromatic N) is 2. The molecular formula is C27H34N4O2. The van der Waals surface area contributed by atoms with Gasteiger partial charge in [0.25, 0.3) is 5.56 Å². The number of pyridine rings is 1. The Hall–Kier alpha value is -3.38. The maximum absolute atomic E-state index is 11.9. The number of aliphatic imine (C=N–C) groups is 1. The zero-order valence-corrected chi connectivity index (χ0v) is 19.5. The van der Waals surface area contributed by atoms with Gasteiger partial charge >= 0.3 is 0 Å². The second-order valence-corrected chi connectivity index (χ2v) is 8.17. The SMILES string of the molecule is CCNC(=NCc1ccc(Cn2ccccc2=O)cc1)NCC(C)COCc1ccccc1. The van der Waals surface area contributed by atoms with Crippen molar-refractivity contribution in [2.24, 2.45) is 10.9 Å². The van der Waals surface area contributed by atoms with Gasteiger partial charge in [0.2, 0.25) is 0 Å². The number of guanidine groups is 1. The number of ether oxygens (including phenoxy) is 1. The molecular weight excluding hydrogens is 412 g/mol. The number of hydrogen-bond donors (Lipinski definition) is 2. The predicted molar refractivity (Wildman–Crippen MR) is 134 cm³/mol. The van der Waals surface area contributed by atoms with Crippen molar-refractivity contribution in [3.05, 3.63) is 106 Å². The van der Waals surface area contributed by atoms with E-state index in [1.807, 2.05) is 30.5 Å². The second kappa shape index (κ2) is 13.2. The Labute approximate surface area is 196 Å². The Bertz CT molecular complexity index is 1050. The van der Waals surface area contributed by atoms with Crippen molar-refractivity contribution in [2.75, 3.05) is 19.7 Å². The normalized spacial score (nSPS) is 12.4. The molecule has 0 radical (unpaired) electrons. The molecule has 3 aromatic rings. The van der Waals surface area contributed by atoms with Gasteiger partial charge in [0.05, 0.1) is 26.3 Å².